The van der Waals surface area contributed by atoms with Gasteiger partial charge in [-0.1, -0.05) is 29.8 Å². The molecule has 1 aromatic carbocycles. The fourth-order valence-electron chi connectivity index (χ4n) is 2.53. The summed E-state index contributed by atoms with van der Waals surface area (Å²) in [6, 6.07) is 11.2. The normalized spacial score (nSPS) is 10.7. The van der Waals surface area contributed by atoms with Gasteiger partial charge in [-0.05, 0) is 38.5 Å². The summed E-state index contributed by atoms with van der Waals surface area (Å²) < 4.78 is 1.54. The number of thiazole rings is 1. The molecule has 3 rings (SSSR count). The quantitative estimate of drug-likeness (QED) is 0.780. The van der Waals surface area contributed by atoms with E-state index in [1.54, 1.807) is 16.8 Å². The van der Waals surface area contributed by atoms with E-state index in [4.69, 9.17) is 0 Å². The highest BCUT2D eigenvalue weighted by Crippen LogP contribution is 2.21. The van der Waals surface area contributed by atoms with Gasteiger partial charge < -0.3 is 4.57 Å². The Morgan fingerprint density at radius 3 is 2.68 bits per heavy atom. The van der Waals surface area contributed by atoms with Crippen LogP contribution >= 0.6 is 11.3 Å². The molecule has 5 nitrogen and oxygen atoms in total. The van der Waals surface area contributed by atoms with Crippen molar-refractivity contribution in [2.24, 2.45) is 0 Å². The summed E-state index contributed by atoms with van der Waals surface area (Å²) in [5.74, 6) is -0.433. The Kier molecular flexibility index (Phi) is 4.81. The first-order valence-corrected chi connectivity index (χ1v) is 8.76. The van der Waals surface area contributed by atoms with Gasteiger partial charge in [0.05, 0.1) is 12.2 Å². The van der Waals surface area contributed by atoms with Gasteiger partial charge in [-0.15, -0.1) is 11.3 Å². The van der Waals surface area contributed by atoms with Gasteiger partial charge in [0.2, 0.25) is 0 Å². The van der Waals surface area contributed by atoms with Gasteiger partial charge in [-0.25, -0.2) is 4.98 Å². The Labute approximate surface area is 150 Å². The standard InChI is InChI=1S/C19H19N3O2S/c1-12-6-4-7-15(10-12)11-22-9-5-8-16(18(22)24)17(23)21-19-20-13(2)14(3)25-19/h4-10H,11H2,1-3H3,(H,20,21,23). The molecule has 0 atom stereocenters. The van der Waals surface area contributed by atoms with Crippen molar-refractivity contribution in [3.63, 3.8) is 0 Å². The van der Waals surface area contributed by atoms with Gasteiger partial charge in [0.1, 0.15) is 5.56 Å². The molecule has 0 spiro atoms. The van der Waals surface area contributed by atoms with Crippen LogP contribution < -0.4 is 10.9 Å². The van der Waals surface area contributed by atoms with Gasteiger partial charge in [-0.3, -0.25) is 14.9 Å². The van der Waals surface area contributed by atoms with Gasteiger partial charge in [-0.2, -0.15) is 0 Å². The maximum Gasteiger partial charge on any atom is 0.263 e. The van der Waals surface area contributed by atoms with Crippen LogP contribution in [0.5, 0.6) is 0 Å². The van der Waals surface area contributed by atoms with Crippen LogP contribution in [0.1, 0.15) is 32.1 Å². The van der Waals surface area contributed by atoms with Crippen molar-refractivity contribution in [2.75, 3.05) is 5.32 Å². The number of benzene rings is 1. The molecule has 0 fully saturated rings. The summed E-state index contributed by atoms with van der Waals surface area (Å²) >= 11 is 1.40. The minimum Gasteiger partial charge on any atom is -0.310 e. The third kappa shape index (κ3) is 3.85. The number of hydrogen-bond donors (Lipinski definition) is 1. The van der Waals surface area contributed by atoms with Crippen molar-refractivity contribution >= 4 is 22.4 Å². The van der Waals surface area contributed by atoms with Gasteiger partial charge in [0.15, 0.2) is 5.13 Å². The second-order valence-electron chi connectivity index (χ2n) is 5.96. The summed E-state index contributed by atoms with van der Waals surface area (Å²) in [7, 11) is 0. The molecule has 0 saturated heterocycles. The maximum atomic E-state index is 12.6. The molecule has 6 heteroatoms. The second kappa shape index (κ2) is 7.03. The lowest BCUT2D eigenvalue weighted by atomic mass is 10.1. The van der Waals surface area contributed by atoms with Crippen molar-refractivity contribution in [3.05, 3.63) is 80.2 Å². The first kappa shape index (κ1) is 17.1. The second-order valence-corrected chi connectivity index (χ2v) is 7.16. The number of pyridine rings is 1. The number of carbonyl (C=O) groups excluding carboxylic acids is 1. The minimum absolute atomic E-state index is 0.112. The van der Waals surface area contributed by atoms with Crippen LogP contribution in [0, 0.1) is 20.8 Å². The first-order chi connectivity index (χ1) is 11.9. The lowest BCUT2D eigenvalue weighted by molar-refractivity contribution is 0.102. The van der Waals surface area contributed by atoms with Crippen LogP contribution in [-0.4, -0.2) is 15.5 Å². The molecule has 1 N–H and O–H groups in total. The molecule has 0 radical (unpaired) electrons. The molecule has 128 valence electrons. The number of hydrogen-bond acceptors (Lipinski definition) is 4. The maximum absolute atomic E-state index is 12.6. The SMILES string of the molecule is Cc1cccc(Cn2cccc(C(=O)Nc3nc(C)c(C)s3)c2=O)c1. The third-order valence-electron chi connectivity index (χ3n) is 3.95. The number of anilines is 1. The van der Waals surface area contributed by atoms with E-state index in [1.165, 1.54) is 17.4 Å². The predicted molar refractivity (Wildman–Crippen MR) is 101 cm³/mol. The molecular formula is C19H19N3O2S. The van der Waals surface area contributed by atoms with E-state index in [2.05, 4.69) is 10.3 Å². The summed E-state index contributed by atoms with van der Waals surface area (Å²) in [5.41, 5.74) is 2.83. The minimum atomic E-state index is -0.433. The van der Waals surface area contributed by atoms with Gasteiger partial charge in [0.25, 0.3) is 11.5 Å². The Morgan fingerprint density at radius 1 is 1.20 bits per heavy atom. The van der Waals surface area contributed by atoms with Gasteiger partial charge >= 0.3 is 0 Å². The van der Waals surface area contributed by atoms with Crippen molar-refractivity contribution < 1.29 is 4.79 Å². The molecular weight excluding hydrogens is 334 g/mol. The van der Waals surface area contributed by atoms with Crippen LogP contribution in [0.2, 0.25) is 0 Å². The average molecular weight is 353 g/mol. The molecule has 1 amide bonds. The fraction of sp³-hybridized carbons (Fsp3) is 0.211. The van der Waals surface area contributed by atoms with Crippen LogP contribution in [0.3, 0.4) is 0 Å². The van der Waals surface area contributed by atoms with E-state index < -0.39 is 5.91 Å². The lowest BCUT2D eigenvalue weighted by Gasteiger charge is -2.08. The summed E-state index contributed by atoms with van der Waals surface area (Å²) in [4.78, 5) is 30.4. The molecule has 0 bridgehead atoms. The molecule has 0 saturated carbocycles. The van der Waals surface area contributed by atoms with Crippen molar-refractivity contribution in [3.8, 4) is 0 Å². The van der Waals surface area contributed by atoms with Crippen molar-refractivity contribution in [2.45, 2.75) is 27.3 Å². The number of nitrogens with one attached hydrogen (secondary N) is 1. The van der Waals surface area contributed by atoms with Gasteiger partial charge in [0, 0.05) is 11.1 Å². The smallest absolute Gasteiger partial charge is 0.263 e. The number of carbonyl (C=O) groups is 1. The van der Waals surface area contributed by atoms with Crippen LogP contribution in [-0.2, 0) is 6.54 Å². The van der Waals surface area contributed by atoms with Crippen molar-refractivity contribution in [1.29, 1.82) is 0 Å². The van der Waals surface area contributed by atoms with Crippen LogP contribution in [0.4, 0.5) is 5.13 Å². The molecule has 0 aliphatic rings. The number of aromatic nitrogens is 2. The monoisotopic (exact) mass is 353 g/mol. The highest BCUT2D eigenvalue weighted by atomic mass is 32.1. The highest BCUT2D eigenvalue weighted by Gasteiger charge is 2.14. The summed E-state index contributed by atoms with van der Waals surface area (Å²) in [6.07, 6.45) is 1.69. The Hall–Kier alpha value is -2.73. The van der Waals surface area contributed by atoms with E-state index in [0.29, 0.717) is 11.7 Å². The fourth-order valence-corrected chi connectivity index (χ4v) is 3.34. The largest absolute Gasteiger partial charge is 0.310 e. The molecule has 2 aromatic heterocycles. The molecule has 3 aromatic rings. The summed E-state index contributed by atoms with van der Waals surface area (Å²) in [6.45, 7) is 6.27. The van der Waals surface area contributed by atoms with E-state index in [1.807, 2.05) is 45.0 Å². The molecule has 0 unspecified atom stereocenters. The van der Waals surface area contributed by atoms with Crippen LogP contribution in [0.25, 0.3) is 0 Å². The third-order valence-corrected chi connectivity index (χ3v) is 4.94. The van der Waals surface area contributed by atoms with E-state index in [9.17, 15) is 9.59 Å². The predicted octanol–water partition coefficient (Wildman–Crippen LogP) is 3.53. The molecule has 0 aliphatic carbocycles. The Morgan fingerprint density at radius 2 is 2.00 bits per heavy atom. The topological polar surface area (TPSA) is 64.0 Å². The highest BCUT2D eigenvalue weighted by molar-refractivity contribution is 7.15. The Balaban J connectivity index is 1.85. The van der Waals surface area contributed by atoms with E-state index >= 15 is 0 Å². The number of amides is 1. The summed E-state index contributed by atoms with van der Waals surface area (Å²) in [5, 5.41) is 3.22. The average Bonchev–Trinajstić information content (AvgIpc) is 2.87. The number of nitrogens with zero attached hydrogens (tertiary/aromatic N) is 2. The zero-order chi connectivity index (χ0) is 18.0. The van der Waals surface area contributed by atoms with E-state index in [-0.39, 0.29) is 11.1 Å². The molecule has 25 heavy (non-hydrogen) atoms. The zero-order valence-electron chi connectivity index (χ0n) is 14.4. The lowest BCUT2D eigenvalue weighted by Crippen LogP contribution is -2.29. The first-order valence-electron chi connectivity index (χ1n) is 7.94. The van der Waals surface area contributed by atoms with Crippen molar-refractivity contribution in [1.82, 2.24) is 9.55 Å². The van der Waals surface area contributed by atoms with E-state index in [0.717, 1.165) is 21.7 Å². The van der Waals surface area contributed by atoms with Crippen LogP contribution in [0.15, 0.2) is 47.4 Å². The Bertz CT molecular complexity index is 969. The zero-order valence-corrected chi connectivity index (χ0v) is 15.2. The number of aryl methyl sites for hydroxylation is 3. The molecule has 0 aliphatic heterocycles. The molecule has 2 heterocycles. The number of rotatable bonds is 4.